The minimum absolute atomic E-state index is 0.133. The number of carbonyl (C=O) groups excluding carboxylic acids is 1. The zero-order chi connectivity index (χ0) is 22.3. The SMILES string of the molecule is CN(c1ncc(B2OC(C)(C)C(C)(C)O2)cn1)[C@H]1CCCN(C(=O)OC(C)(C)C)C1. The van der Waals surface area contributed by atoms with Crippen LogP contribution in [0.15, 0.2) is 12.4 Å². The van der Waals surface area contributed by atoms with Crippen LogP contribution < -0.4 is 10.4 Å². The van der Waals surface area contributed by atoms with Crippen LogP contribution in [-0.4, -0.2) is 71.1 Å². The van der Waals surface area contributed by atoms with Crippen molar-refractivity contribution in [1.29, 1.82) is 0 Å². The van der Waals surface area contributed by atoms with E-state index in [9.17, 15) is 4.79 Å². The van der Waals surface area contributed by atoms with Crippen LogP contribution in [0.25, 0.3) is 0 Å². The summed E-state index contributed by atoms with van der Waals surface area (Å²) in [5.74, 6) is 0.617. The van der Waals surface area contributed by atoms with Crippen LogP contribution in [0.5, 0.6) is 0 Å². The fourth-order valence-electron chi connectivity index (χ4n) is 3.54. The third kappa shape index (κ3) is 4.89. The summed E-state index contributed by atoms with van der Waals surface area (Å²) in [6.45, 7) is 15.0. The maximum atomic E-state index is 12.4. The molecule has 0 aliphatic carbocycles. The van der Waals surface area contributed by atoms with E-state index in [-0.39, 0.29) is 12.1 Å². The van der Waals surface area contributed by atoms with Crippen molar-refractivity contribution in [2.75, 3.05) is 25.0 Å². The number of piperidine rings is 1. The Bertz CT molecular complexity index is 747. The van der Waals surface area contributed by atoms with Crippen molar-refractivity contribution in [3.63, 3.8) is 0 Å². The largest absolute Gasteiger partial charge is 0.498 e. The molecule has 8 nitrogen and oxygen atoms in total. The number of ether oxygens (including phenoxy) is 1. The monoisotopic (exact) mass is 418 g/mol. The van der Waals surface area contributed by atoms with Crippen LogP contribution >= 0.6 is 0 Å². The van der Waals surface area contributed by atoms with Gasteiger partial charge in [-0.1, -0.05) is 0 Å². The van der Waals surface area contributed by atoms with Gasteiger partial charge in [0.15, 0.2) is 0 Å². The lowest BCUT2D eigenvalue weighted by Gasteiger charge is -2.38. The minimum atomic E-state index is -0.498. The van der Waals surface area contributed by atoms with E-state index in [1.54, 1.807) is 17.3 Å². The van der Waals surface area contributed by atoms with E-state index in [1.165, 1.54) is 0 Å². The topological polar surface area (TPSA) is 77.0 Å². The summed E-state index contributed by atoms with van der Waals surface area (Å²) in [6, 6.07) is 0.133. The molecule has 0 spiro atoms. The molecule has 3 rings (SSSR count). The minimum Gasteiger partial charge on any atom is -0.444 e. The van der Waals surface area contributed by atoms with Crippen molar-refractivity contribution in [2.24, 2.45) is 0 Å². The number of aromatic nitrogens is 2. The Kier molecular flexibility index (Phi) is 6.08. The van der Waals surface area contributed by atoms with Crippen LogP contribution in [-0.2, 0) is 14.0 Å². The van der Waals surface area contributed by atoms with Gasteiger partial charge in [0.2, 0.25) is 5.95 Å². The molecule has 0 aromatic carbocycles. The first-order chi connectivity index (χ1) is 13.8. The molecule has 30 heavy (non-hydrogen) atoms. The van der Waals surface area contributed by atoms with Crippen molar-refractivity contribution in [3.05, 3.63) is 12.4 Å². The summed E-state index contributed by atoms with van der Waals surface area (Å²) >= 11 is 0. The molecule has 2 saturated heterocycles. The highest BCUT2D eigenvalue weighted by Crippen LogP contribution is 2.36. The number of anilines is 1. The maximum absolute atomic E-state index is 12.4. The fraction of sp³-hybridized carbons (Fsp3) is 0.762. The van der Waals surface area contributed by atoms with E-state index in [1.807, 2.05) is 60.4 Å². The Morgan fingerprint density at radius 1 is 1.20 bits per heavy atom. The number of hydrogen-bond acceptors (Lipinski definition) is 7. The van der Waals surface area contributed by atoms with Gasteiger partial charge in [-0.2, -0.15) is 0 Å². The first-order valence-electron chi connectivity index (χ1n) is 10.7. The van der Waals surface area contributed by atoms with Gasteiger partial charge in [-0.25, -0.2) is 14.8 Å². The van der Waals surface area contributed by atoms with Crippen LogP contribution in [0.4, 0.5) is 10.7 Å². The molecule has 1 amide bonds. The van der Waals surface area contributed by atoms with Gasteiger partial charge in [0.05, 0.1) is 11.2 Å². The second-order valence-corrected chi connectivity index (χ2v) is 10.2. The number of hydrogen-bond donors (Lipinski definition) is 0. The van der Waals surface area contributed by atoms with E-state index in [0.717, 1.165) is 18.3 Å². The summed E-state index contributed by atoms with van der Waals surface area (Å²) in [5, 5.41) is 0. The molecule has 2 aliphatic heterocycles. The van der Waals surface area contributed by atoms with Crippen molar-refractivity contribution >= 4 is 24.6 Å². The quantitative estimate of drug-likeness (QED) is 0.699. The van der Waals surface area contributed by atoms with Gasteiger partial charge in [0, 0.05) is 44.0 Å². The molecule has 9 heteroatoms. The number of likely N-dealkylation sites (tertiary alicyclic amines) is 1. The highest BCUT2D eigenvalue weighted by molar-refractivity contribution is 6.61. The predicted octanol–water partition coefficient (Wildman–Crippen LogP) is 2.61. The second-order valence-electron chi connectivity index (χ2n) is 10.2. The molecule has 0 radical (unpaired) electrons. The Morgan fingerprint density at radius 2 is 1.77 bits per heavy atom. The van der Waals surface area contributed by atoms with Crippen molar-refractivity contribution < 1.29 is 18.8 Å². The van der Waals surface area contributed by atoms with Crippen LogP contribution in [0, 0.1) is 0 Å². The molecule has 1 aromatic rings. The van der Waals surface area contributed by atoms with Gasteiger partial charge in [-0.15, -0.1) is 0 Å². The number of likely N-dealkylation sites (N-methyl/N-ethyl adjacent to an activating group) is 1. The van der Waals surface area contributed by atoms with Crippen molar-refractivity contribution in [1.82, 2.24) is 14.9 Å². The lowest BCUT2D eigenvalue weighted by molar-refractivity contribution is 0.00578. The summed E-state index contributed by atoms with van der Waals surface area (Å²) in [7, 11) is 1.49. The normalized spacial score (nSPS) is 23.4. The zero-order valence-electron chi connectivity index (χ0n) is 19.6. The maximum Gasteiger partial charge on any atom is 0.498 e. The number of carbonyl (C=O) groups is 1. The molecule has 2 aliphatic rings. The molecule has 0 N–H and O–H groups in total. The lowest BCUT2D eigenvalue weighted by atomic mass is 9.81. The Hall–Kier alpha value is -1.87. The van der Waals surface area contributed by atoms with Gasteiger partial charge in [0.1, 0.15) is 5.60 Å². The Morgan fingerprint density at radius 3 is 2.30 bits per heavy atom. The van der Waals surface area contributed by atoms with Gasteiger partial charge >= 0.3 is 13.2 Å². The molecule has 0 saturated carbocycles. The number of amides is 1. The van der Waals surface area contributed by atoms with E-state index in [2.05, 4.69) is 9.97 Å². The molecule has 0 bridgehead atoms. The van der Waals surface area contributed by atoms with Gasteiger partial charge < -0.3 is 23.8 Å². The third-order valence-electron chi connectivity index (χ3n) is 6.09. The van der Waals surface area contributed by atoms with E-state index in [0.29, 0.717) is 19.0 Å². The van der Waals surface area contributed by atoms with Crippen LogP contribution in [0.3, 0.4) is 0 Å². The summed E-state index contributed by atoms with van der Waals surface area (Å²) < 4.78 is 17.7. The number of nitrogens with zero attached hydrogens (tertiary/aromatic N) is 4. The molecule has 1 atom stereocenters. The predicted molar refractivity (Wildman–Crippen MR) is 117 cm³/mol. The Balaban J connectivity index is 1.64. The molecule has 166 valence electrons. The highest BCUT2D eigenvalue weighted by atomic mass is 16.7. The van der Waals surface area contributed by atoms with Gasteiger partial charge in [0.25, 0.3) is 0 Å². The smallest absolute Gasteiger partial charge is 0.444 e. The van der Waals surface area contributed by atoms with Gasteiger partial charge in [-0.3, -0.25) is 0 Å². The molecule has 1 aromatic heterocycles. The van der Waals surface area contributed by atoms with E-state index < -0.39 is 23.9 Å². The lowest BCUT2D eigenvalue weighted by Crippen LogP contribution is -2.50. The molecule has 0 unspecified atom stereocenters. The average molecular weight is 418 g/mol. The highest BCUT2D eigenvalue weighted by Gasteiger charge is 2.52. The molecular weight excluding hydrogens is 383 g/mol. The van der Waals surface area contributed by atoms with E-state index >= 15 is 0 Å². The fourth-order valence-corrected chi connectivity index (χ4v) is 3.54. The summed E-state index contributed by atoms with van der Waals surface area (Å²) in [6.07, 6.45) is 5.14. The summed E-state index contributed by atoms with van der Waals surface area (Å²) in [5.41, 5.74) is -0.506. The van der Waals surface area contributed by atoms with Crippen LogP contribution in [0.1, 0.15) is 61.3 Å². The van der Waals surface area contributed by atoms with Crippen molar-refractivity contribution in [3.8, 4) is 0 Å². The standard InChI is InChI=1S/C21H35BN4O4/c1-19(2,3)28-18(27)26-11-9-10-16(14-26)25(8)17-23-12-15(13-24-17)22-29-20(4,5)21(6,7)30-22/h12-13,16H,9-11,14H2,1-8H3/t16-/m0/s1. The zero-order valence-corrected chi connectivity index (χ0v) is 19.6. The first-order valence-corrected chi connectivity index (χ1v) is 10.7. The molecular formula is C21H35BN4O4. The number of rotatable bonds is 3. The summed E-state index contributed by atoms with van der Waals surface area (Å²) in [4.78, 5) is 25.3. The molecule has 3 heterocycles. The van der Waals surface area contributed by atoms with Crippen LogP contribution in [0.2, 0.25) is 0 Å². The van der Waals surface area contributed by atoms with Gasteiger partial charge in [-0.05, 0) is 61.3 Å². The average Bonchev–Trinajstić information content (AvgIpc) is 2.87. The third-order valence-corrected chi connectivity index (χ3v) is 6.09. The Labute approximate surface area is 180 Å². The second kappa shape index (κ2) is 8.00. The first kappa shape index (κ1) is 22.8. The van der Waals surface area contributed by atoms with E-state index in [4.69, 9.17) is 14.0 Å². The molecule has 2 fully saturated rings. The van der Waals surface area contributed by atoms with Crippen molar-refractivity contribution in [2.45, 2.75) is 84.2 Å².